The fourth-order valence-corrected chi connectivity index (χ4v) is 4.22. The number of methoxy groups -OCH3 is 1. The summed E-state index contributed by atoms with van der Waals surface area (Å²) < 4.78 is 6.80. The lowest BCUT2D eigenvalue weighted by Gasteiger charge is -2.25. The molecule has 4 aromatic rings. The van der Waals surface area contributed by atoms with Crippen LogP contribution in [0.5, 0.6) is 5.75 Å². The second-order valence-electron chi connectivity index (χ2n) is 7.79. The largest absolute Gasteiger partial charge is 0.497 e. The Morgan fingerprint density at radius 1 is 1.09 bits per heavy atom. The van der Waals surface area contributed by atoms with E-state index in [1.165, 1.54) is 0 Å². The summed E-state index contributed by atoms with van der Waals surface area (Å²) in [6, 6.07) is 15.7. The minimum Gasteiger partial charge on any atom is -0.497 e. The van der Waals surface area contributed by atoms with Gasteiger partial charge >= 0.3 is 0 Å². The van der Waals surface area contributed by atoms with E-state index in [4.69, 9.17) is 4.74 Å². The van der Waals surface area contributed by atoms with E-state index in [0.29, 0.717) is 23.9 Å². The molecule has 0 bridgehead atoms. The van der Waals surface area contributed by atoms with E-state index in [1.54, 1.807) is 18.0 Å². The molecular weight excluding hydrogens is 404 g/mol. The van der Waals surface area contributed by atoms with E-state index in [-0.39, 0.29) is 11.8 Å². The Morgan fingerprint density at radius 2 is 1.88 bits per heavy atom. The molecule has 1 aliphatic rings. The lowest BCUT2D eigenvalue weighted by Crippen LogP contribution is -2.25. The lowest BCUT2D eigenvalue weighted by atomic mass is 9.84. The molecule has 160 valence electrons. The fourth-order valence-electron chi connectivity index (χ4n) is 4.22. The second kappa shape index (κ2) is 7.88. The molecule has 0 aliphatic carbocycles. The highest BCUT2D eigenvalue weighted by atomic mass is 16.5. The Labute approximate surface area is 185 Å². The number of carbonyl (C=O) groups is 1. The number of anilines is 1. The first-order valence-corrected chi connectivity index (χ1v) is 10.3. The number of benzene rings is 2. The van der Waals surface area contributed by atoms with E-state index in [2.05, 4.69) is 44.7 Å². The van der Waals surface area contributed by atoms with E-state index in [9.17, 15) is 4.79 Å². The Bertz CT molecular complexity index is 1310. The quantitative estimate of drug-likeness (QED) is 0.533. The van der Waals surface area contributed by atoms with Gasteiger partial charge in [-0.25, -0.2) is 4.98 Å². The number of aromatic nitrogens is 5. The second-order valence-corrected chi connectivity index (χ2v) is 7.79. The van der Waals surface area contributed by atoms with E-state index in [0.717, 1.165) is 33.7 Å². The molecule has 2 aromatic carbocycles. The zero-order valence-corrected chi connectivity index (χ0v) is 18.0. The summed E-state index contributed by atoms with van der Waals surface area (Å²) in [6.07, 6.45) is 1.97. The van der Waals surface area contributed by atoms with Crippen molar-refractivity contribution in [2.24, 2.45) is 0 Å². The van der Waals surface area contributed by atoms with Crippen molar-refractivity contribution >= 4 is 11.7 Å². The zero-order chi connectivity index (χ0) is 22.2. The van der Waals surface area contributed by atoms with Gasteiger partial charge in [0.05, 0.1) is 24.7 Å². The highest BCUT2D eigenvalue weighted by Crippen LogP contribution is 2.40. The monoisotopic (exact) mass is 426 g/mol. The van der Waals surface area contributed by atoms with Crippen molar-refractivity contribution in [2.45, 2.75) is 26.2 Å². The van der Waals surface area contributed by atoms with Gasteiger partial charge in [-0.05, 0) is 49.2 Å². The van der Waals surface area contributed by atoms with Gasteiger partial charge in [-0.1, -0.05) is 24.3 Å². The Hall–Kier alpha value is -4.07. The van der Waals surface area contributed by atoms with Crippen molar-refractivity contribution in [2.75, 3.05) is 12.4 Å². The number of ether oxygens (including phenoxy) is 1. The summed E-state index contributed by atoms with van der Waals surface area (Å²) in [7, 11) is 1.63. The van der Waals surface area contributed by atoms with Crippen LogP contribution in [0.3, 0.4) is 0 Å². The van der Waals surface area contributed by atoms with E-state index >= 15 is 0 Å². The molecule has 0 saturated carbocycles. The Morgan fingerprint density at radius 3 is 2.62 bits per heavy atom. The smallest absolute Gasteiger partial charge is 0.272 e. The molecule has 0 fully saturated rings. The van der Waals surface area contributed by atoms with E-state index < -0.39 is 0 Å². The fraction of sp³-hybridized carbons (Fsp3) is 0.208. The number of rotatable bonds is 4. The molecule has 32 heavy (non-hydrogen) atoms. The number of carbonyl (C=O) groups excluding carboxylic acids is 1. The number of hydrogen-bond donors (Lipinski definition) is 1. The van der Waals surface area contributed by atoms with Crippen molar-refractivity contribution in [3.63, 3.8) is 0 Å². The first-order valence-electron chi connectivity index (χ1n) is 10.3. The summed E-state index contributed by atoms with van der Waals surface area (Å²) in [4.78, 5) is 17.3. The van der Waals surface area contributed by atoms with Gasteiger partial charge in [0.25, 0.3) is 5.95 Å². The van der Waals surface area contributed by atoms with E-state index in [1.807, 2.05) is 43.3 Å². The van der Waals surface area contributed by atoms with Gasteiger partial charge in [-0.3, -0.25) is 4.79 Å². The topological polar surface area (TPSA) is 94.8 Å². The Kier molecular flexibility index (Phi) is 4.89. The molecule has 3 heterocycles. The van der Waals surface area contributed by atoms with Crippen LogP contribution < -0.4 is 10.1 Å². The minimum atomic E-state index is -0.0774. The summed E-state index contributed by atoms with van der Waals surface area (Å²) in [5.74, 6) is 1.52. The van der Waals surface area contributed by atoms with Crippen LogP contribution in [0.25, 0.3) is 17.2 Å². The van der Waals surface area contributed by atoms with Gasteiger partial charge in [-0.2, -0.15) is 14.9 Å². The molecule has 8 nitrogen and oxygen atoms in total. The summed E-state index contributed by atoms with van der Waals surface area (Å²) >= 11 is 0. The van der Waals surface area contributed by atoms with Crippen LogP contribution in [0.1, 0.15) is 34.7 Å². The first kappa shape index (κ1) is 19.9. The third kappa shape index (κ3) is 3.39. The molecule has 0 saturated heterocycles. The number of fused-ring (bicyclic) bond motifs is 1. The van der Waals surface area contributed by atoms with Crippen molar-refractivity contribution in [3.8, 4) is 23.0 Å². The molecular formula is C24H22N6O2. The van der Waals surface area contributed by atoms with Gasteiger partial charge in [0.2, 0.25) is 5.91 Å². The van der Waals surface area contributed by atoms with Crippen molar-refractivity contribution < 1.29 is 9.53 Å². The highest BCUT2D eigenvalue weighted by Gasteiger charge is 2.33. The Balaban J connectivity index is 1.60. The van der Waals surface area contributed by atoms with Gasteiger partial charge in [0, 0.05) is 23.5 Å². The third-order valence-electron chi connectivity index (χ3n) is 5.79. The summed E-state index contributed by atoms with van der Waals surface area (Å²) in [6.45, 7) is 4.01. The standard InChI is InChI=1S/C24H22N6O2/c1-14-6-4-5-7-18(14)19-12-21(31)27-23-22(19)15(2)29-30(23)24-26-20(13-25-28-24)16-8-10-17(32-3)11-9-16/h4-11,13,19H,12H2,1-3H3,(H,27,31)/t19-/m1/s1. The highest BCUT2D eigenvalue weighted by molar-refractivity contribution is 5.95. The maximum Gasteiger partial charge on any atom is 0.272 e. The number of nitrogens with one attached hydrogen (secondary N) is 1. The maximum absolute atomic E-state index is 12.6. The van der Waals surface area contributed by atoms with Gasteiger partial charge < -0.3 is 10.1 Å². The lowest BCUT2D eigenvalue weighted by molar-refractivity contribution is -0.116. The maximum atomic E-state index is 12.6. The molecule has 0 radical (unpaired) electrons. The number of amides is 1. The molecule has 0 spiro atoms. The van der Waals surface area contributed by atoms with Crippen LogP contribution in [0, 0.1) is 13.8 Å². The molecule has 5 rings (SSSR count). The number of nitrogens with zero attached hydrogens (tertiary/aromatic N) is 5. The molecule has 1 N–H and O–H groups in total. The first-order chi connectivity index (χ1) is 15.5. The predicted octanol–water partition coefficient (Wildman–Crippen LogP) is 3.82. The van der Waals surface area contributed by atoms with Crippen molar-refractivity contribution in [1.82, 2.24) is 25.0 Å². The van der Waals surface area contributed by atoms with Gasteiger partial charge in [0.1, 0.15) is 11.6 Å². The van der Waals surface area contributed by atoms with Crippen LogP contribution >= 0.6 is 0 Å². The number of aryl methyl sites for hydroxylation is 2. The normalized spacial score (nSPS) is 15.2. The van der Waals surface area contributed by atoms with Crippen molar-refractivity contribution in [1.29, 1.82) is 0 Å². The molecule has 8 heteroatoms. The summed E-state index contributed by atoms with van der Waals surface area (Å²) in [5, 5.41) is 16.0. The van der Waals surface area contributed by atoms with Crippen LogP contribution in [-0.2, 0) is 4.79 Å². The average Bonchev–Trinajstić information content (AvgIpc) is 3.15. The van der Waals surface area contributed by atoms with Gasteiger partial charge in [-0.15, -0.1) is 5.10 Å². The van der Waals surface area contributed by atoms with Crippen LogP contribution in [0.2, 0.25) is 0 Å². The molecule has 1 amide bonds. The molecule has 0 unspecified atom stereocenters. The van der Waals surface area contributed by atoms with Crippen LogP contribution in [0.15, 0.2) is 54.7 Å². The van der Waals surface area contributed by atoms with Gasteiger partial charge in [0.15, 0.2) is 0 Å². The van der Waals surface area contributed by atoms with Crippen LogP contribution in [0.4, 0.5) is 5.82 Å². The summed E-state index contributed by atoms with van der Waals surface area (Å²) in [5.41, 5.74) is 5.60. The molecule has 2 aromatic heterocycles. The van der Waals surface area contributed by atoms with Crippen LogP contribution in [-0.4, -0.2) is 38.0 Å². The predicted molar refractivity (Wildman–Crippen MR) is 120 cm³/mol. The SMILES string of the molecule is COc1ccc(-c2cnnc(-n3nc(C)c4c3NC(=O)C[C@@H]4c3ccccc3C)n2)cc1. The third-order valence-corrected chi connectivity index (χ3v) is 5.79. The number of hydrogen-bond acceptors (Lipinski definition) is 6. The average molecular weight is 426 g/mol. The van der Waals surface area contributed by atoms with Crippen molar-refractivity contribution in [3.05, 3.63) is 77.1 Å². The molecule has 1 aliphatic heterocycles. The minimum absolute atomic E-state index is 0.0637. The zero-order valence-electron chi connectivity index (χ0n) is 18.0. The molecule has 1 atom stereocenters.